The summed E-state index contributed by atoms with van der Waals surface area (Å²) in [6, 6.07) is 10.6. The lowest BCUT2D eigenvalue weighted by Gasteiger charge is -2.34. The van der Waals surface area contributed by atoms with Crippen molar-refractivity contribution >= 4 is 33.6 Å². The number of piperidine rings is 1. The Morgan fingerprint density at radius 1 is 1.27 bits per heavy atom. The summed E-state index contributed by atoms with van der Waals surface area (Å²) in [5.41, 5.74) is 1.73. The van der Waals surface area contributed by atoms with Crippen LogP contribution in [0.3, 0.4) is 0 Å². The van der Waals surface area contributed by atoms with E-state index in [4.69, 9.17) is 10.2 Å². The van der Waals surface area contributed by atoms with E-state index in [2.05, 4.69) is 52.6 Å². The molecule has 7 heteroatoms. The maximum atomic E-state index is 9.07. The van der Waals surface area contributed by atoms with Crippen molar-refractivity contribution in [1.82, 2.24) is 14.9 Å². The summed E-state index contributed by atoms with van der Waals surface area (Å²) in [7, 11) is 0. The number of nitrogens with one attached hydrogen (secondary N) is 1. The van der Waals surface area contributed by atoms with Gasteiger partial charge in [0.15, 0.2) is 5.13 Å². The number of thiophene rings is 1. The van der Waals surface area contributed by atoms with E-state index in [1.165, 1.54) is 22.6 Å². The Morgan fingerprint density at radius 3 is 2.97 bits per heavy atom. The molecule has 0 bridgehead atoms. The van der Waals surface area contributed by atoms with Crippen LogP contribution in [-0.2, 0) is 13.0 Å². The first kappa shape index (κ1) is 21.0. The van der Waals surface area contributed by atoms with Crippen molar-refractivity contribution in [2.45, 2.75) is 52.1 Å². The summed E-state index contributed by atoms with van der Waals surface area (Å²) in [6.07, 6.45) is 6.45. The summed E-state index contributed by atoms with van der Waals surface area (Å²) < 4.78 is 0. The lowest BCUT2D eigenvalue weighted by molar-refractivity contribution is 0.139. The fraction of sp³-hybridized carbons (Fsp3) is 0.435. The van der Waals surface area contributed by atoms with Crippen LogP contribution in [0.2, 0.25) is 0 Å². The topological polar surface area (TPSA) is 64.8 Å². The number of pyridine rings is 1. The molecule has 1 atom stereocenters. The number of thiazole rings is 1. The standard InChI is InChI=1S/C23H27N5S2/c1-16(2)11-18-6-7-19(30-18)14-28-10-4-3-5-21(28)20-15-29-23(26-20)27-22-12-17(13-24)8-9-25-22/h6-9,12,15-16,21H,3-5,10-11,14H2,1-2H3,(H,25,26,27)/t21-/m0/s1. The molecule has 0 radical (unpaired) electrons. The van der Waals surface area contributed by atoms with Gasteiger partial charge >= 0.3 is 0 Å². The van der Waals surface area contributed by atoms with Gasteiger partial charge in [-0.1, -0.05) is 20.3 Å². The highest BCUT2D eigenvalue weighted by Crippen LogP contribution is 2.35. The Kier molecular flexibility index (Phi) is 6.78. The molecule has 0 aromatic carbocycles. The summed E-state index contributed by atoms with van der Waals surface area (Å²) >= 11 is 3.56. The van der Waals surface area contributed by atoms with Gasteiger partial charge in [0, 0.05) is 27.9 Å². The smallest absolute Gasteiger partial charge is 0.188 e. The molecule has 1 N–H and O–H groups in total. The summed E-state index contributed by atoms with van der Waals surface area (Å²) in [4.78, 5) is 14.7. The van der Waals surface area contributed by atoms with Gasteiger partial charge in [-0.05, 0) is 56.0 Å². The van der Waals surface area contributed by atoms with Gasteiger partial charge in [-0.15, -0.1) is 22.7 Å². The molecule has 30 heavy (non-hydrogen) atoms. The molecule has 156 valence electrons. The van der Waals surface area contributed by atoms with E-state index in [0.29, 0.717) is 23.3 Å². The van der Waals surface area contributed by atoms with Crippen molar-refractivity contribution in [2.24, 2.45) is 5.92 Å². The molecule has 0 amide bonds. The van der Waals surface area contributed by atoms with Crippen LogP contribution in [0, 0.1) is 17.2 Å². The maximum Gasteiger partial charge on any atom is 0.188 e. The molecular formula is C23H27N5S2. The first-order valence-electron chi connectivity index (χ1n) is 10.5. The van der Waals surface area contributed by atoms with Crippen LogP contribution in [-0.4, -0.2) is 21.4 Å². The van der Waals surface area contributed by atoms with Gasteiger partial charge in [-0.25, -0.2) is 9.97 Å². The minimum atomic E-state index is 0.361. The highest BCUT2D eigenvalue weighted by Gasteiger charge is 2.26. The predicted molar refractivity (Wildman–Crippen MR) is 124 cm³/mol. The zero-order valence-corrected chi connectivity index (χ0v) is 19.1. The van der Waals surface area contributed by atoms with Gasteiger partial charge < -0.3 is 5.32 Å². The van der Waals surface area contributed by atoms with Crippen LogP contribution in [0.25, 0.3) is 0 Å². The number of rotatable bonds is 7. The number of likely N-dealkylation sites (tertiary alicyclic amines) is 1. The Labute approximate surface area is 186 Å². The van der Waals surface area contributed by atoms with Gasteiger partial charge in [0.05, 0.1) is 23.4 Å². The third-order valence-electron chi connectivity index (χ3n) is 5.29. The second-order valence-corrected chi connectivity index (χ2v) is 10.3. The Morgan fingerprint density at radius 2 is 2.13 bits per heavy atom. The molecular weight excluding hydrogens is 410 g/mol. The van der Waals surface area contributed by atoms with Crippen LogP contribution in [0.5, 0.6) is 0 Å². The largest absolute Gasteiger partial charge is 0.316 e. The van der Waals surface area contributed by atoms with E-state index in [1.54, 1.807) is 29.7 Å². The number of hydrogen-bond acceptors (Lipinski definition) is 7. The monoisotopic (exact) mass is 437 g/mol. The van der Waals surface area contributed by atoms with Gasteiger partial charge in [-0.2, -0.15) is 5.26 Å². The van der Waals surface area contributed by atoms with Gasteiger partial charge in [0.1, 0.15) is 5.82 Å². The van der Waals surface area contributed by atoms with E-state index >= 15 is 0 Å². The van der Waals surface area contributed by atoms with E-state index in [1.807, 2.05) is 11.3 Å². The van der Waals surface area contributed by atoms with Gasteiger partial charge in [0.2, 0.25) is 0 Å². The maximum absolute atomic E-state index is 9.07. The molecule has 1 aliphatic heterocycles. The third kappa shape index (κ3) is 5.25. The lowest BCUT2D eigenvalue weighted by Crippen LogP contribution is -2.32. The molecule has 5 nitrogen and oxygen atoms in total. The lowest BCUT2D eigenvalue weighted by atomic mass is 10.00. The molecule has 0 aliphatic carbocycles. The molecule has 3 aromatic rings. The molecule has 1 saturated heterocycles. The fourth-order valence-electron chi connectivity index (χ4n) is 3.91. The highest BCUT2D eigenvalue weighted by atomic mass is 32.1. The molecule has 3 aromatic heterocycles. The normalized spacial score (nSPS) is 17.2. The highest BCUT2D eigenvalue weighted by molar-refractivity contribution is 7.13. The van der Waals surface area contributed by atoms with E-state index in [-0.39, 0.29) is 0 Å². The number of hydrogen-bond donors (Lipinski definition) is 1. The van der Waals surface area contributed by atoms with Crippen molar-refractivity contribution in [2.75, 3.05) is 11.9 Å². The molecule has 1 aliphatic rings. The predicted octanol–water partition coefficient (Wildman–Crippen LogP) is 6.14. The van der Waals surface area contributed by atoms with Crippen LogP contribution in [0.1, 0.15) is 60.2 Å². The first-order valence-corrected chi connectivity index (χ1v) is 12.2. The number of nitrogens with zero attached hydrogens (tertiary/aromatic N) is 4. The van der Waals surface area contributed by atoms with Gasteiger partial charge in [0.25, 0.3) is 0 Å². The van der Waals surface area contributed by atoms with Crippen LogP contribution >= 0.6 is 22.7 Å². The van der Waals surface area contributed by atoms with E-state index in [0.717, 1.165) is 36.8 Å². The number of aromatic nitrogens is 2. The minimum Gasteiger partial charge on any atom is -0.316 e. The van der Waals surface area contributed by atoms with Crippen molar-refractivity contribution in [3.05, 3.63) is 56.9 Å². The van der Waals surface area contributed by atoms with Crippen molar-refractivity contribution in [3.63, 3.8) is 0 Å². The average molecular weight is 438 g/mol. The van der Waals surface area contributed by atoms with Crippen molar-refractivity contribution in [3.8, 4) is 6.07 Å². The van der Waals surface area contributed by atoms with Crippen molar-refractivity contribution < 1.29 is 0 Å². The molecule has 0 saturated carbocycles. The van der Waals surface area contributed by atoms with Crippen LogP contribution in [0.15, 0.2) is 35.8 Å². The summed E-state index contributed by atoms with van der Waals surface area (Å²) in [5, 5.41) is 15.3. The molecule has 4 heterocycles. The van der Waals surface area contributed by atoms with E-state index < -0.39 is 0 Å². The van der Waals surface area contributed by atoms with Crippen LogP contribution in [0.4, 0.5) is 10.9 Å². The molecule has 0 spiro atoms. The zero-order valence-electron chi connectivity index (χ0n) is 17.5. The SMILES string of the molecule is CC(C)Cc1ccc(CN2CCCC[C@H]2c2csc(Nc3cc(C#N)ccn3)n2)s1. The third-order valence-corrected chi connectivity index (χ3v) is 7.15. The molecule has 0 unspecified atom stereocenters. The number of nitriles is 1. The van der Waals surface area contributed by atoms with Crippen molar-refractivity contribution in [1.29, 1.82) is 5.26 Å². The summed E-state index contributed by atoms with van der Waals surface area (Å²) in [5.74, 6) is 1.36. The van der Waals surface area contributed by atoms with Crippen LogP contribution < -0.4 is 5.32 Å². The fourth-order valence-corrected chi connectivity index (χ4v) is 5.93. The minimum absolute atomic E-state index is 0.361. The first-order chi connectivity index (χ1) is 14.6. The number of anilines is 2. The van der Waals surface area contributed by atoms with Gasteiger partial charge in [-0.3, -0.25) is 4.90 Å². The molecule has 4 rings (SSSR count). The Bertz CT molecular complexity index is 1020. The quantitative estimate of drug-likeness (QED) is 0.481. The molecule has 1 fully saturated rings. The Balaban J connectivity index is 1.45. The summed E-state index contributed by atoms with van der Waals surface area (Å²) in [6.45, 7) is 6.67. The average Bonchev–Trinajstić information content (AvgIpc) is 3.38. The second-order valence-electron chi connectivity index (χ2n) is 8.19. The second kappa shape index (κ2) is 9.69. The van der Waals surface area contributed by atoms with E-state index in [9.17, 15) is 0 Å². The zero-order chi connectivity index (χ0) is 20.9. The Hall–Kier alpha value is -2.27.